The normalized spacial score (nSPS) is 11.2. The van der Waals surface area contributed by atoms with E-state index in [1.54, 1.807) is 6.07 Å². The lowest BCUT2D eigenvalue weighted by Crippen LogP contribution is -2.20. The van der Waals surface area contributed by atoms with E-state index in [-0.39, 0.29) is 5.56 Å². The molecule has 0 aliphatic heterocycles. The third-order valence-corrected chi connectivity index (χ3v) is 2.80. The van der Waals surface area contributed by atoms with E-state index in [1.165, 1.54) is 12.1 Å². The van der Waals surface area contributed by atoms with Gasteiger partial charge >= 0.3 is 5.97 Å². The highest BCUT2D eigenvalue weighted by molar-refractivity contribution is 5.87. The molecule has 0 bridgehead atoms. The van der Waals surface area contributed by atoms with E-state index in [0.717, 1.165) is 18.5 Å². The van der Waals surface area contributed by atoms with Crippen molar-refractivity contribution in [2.24, 2.45) is 5.92 Å². The Morgan fingerprint density at radius 2 is 2.11 bits per heavy atom. The minimum Gasteiger partial charge on any atom is -0.478 e. The molecule has 18 heavy (non-hydrogen) atoms. The largest absolute Gasteiger partial charge is 0.478 e. The third-order valence-electron chi connectivity index (χ3n) is 2.80. The Balaban J connectivity index is 2.63. The Labute approximate surface area is 107 Å². The average Bonchev–Trinajstić information content (AvgIpc) is 2.26. The molecule has 0 saturated heterocycles. The monoisotopic (exact) mass is 253 g/mol. The molecule has 0 fully saturated rings. The number of rotatable bonds is 6. The van der Waals surface area contributed by atoms with Gasteiger partial charge in [-0.05, 0) is 43.6 Å². The zero-order valence-corrected chi connectivity index (χ0v) is 11.1. The van der Waals surface area contributed by atoms with Gasteiger partial charge in [0.2, 0.25) is 0 Å². The van der Waals surface area contributed by atoms with E-state index in [1.807, 2.05) is 7.05 Å². The van der Waals surface area contributed by atoms with E-state index >= 15 is 0 Å². The van der Waals surface area contributed by atoms with Crippen molar-refractivity contribution in [3.63, 3.8) is 0 Å². The van der Waals surface area contributed by atoms with Crippen LogP contribution in [0.4, 0.5) is 4.39 Å². The molecular formula is C14H20FNO2. The van der Waals surface area contributed by atoms with Crippen LogP contribution in [0.1, 0.15) is 36.2 Å². The van der Waals surface area contributed by atoms with Gasteiger partial charge in [-0.15, -0.1) is 0 Å². The number of benzene rings is 1. The molecule has 1 aromatic carbocycles. The van der Waals surface area contributed by atoms with Gasteiger partial charge in [0, 0.05) is 6.54 Å². The van der Waals surface area contributed by atoms with Gasteiger partial charge in [-0.2, -0.15) is 0 Å². The quantitative estimate of drug-likeness (QED) is 0.847. The van der Waals surface area contributed by atoms with Crippen LogP contribution in [-0.4, -0.2) is 29.6 Å². The SMILES string of the molecule is CC(C)CCN(C)Cc1ccc(C(=O)O)c(F)c1. The summed E-state index contributed by atoms with van der Waals surface area (Å²) in [6.07, 6.45) is 1.09. The first-order valence-corrected chi connectivity index (χ1v) is 6.10. The van der Waals surface area contributed by atoms with Gasteiger partial charge in [0.05, 0.1) is 5.56 Å². The van der Waals surface area contributed by atoms with Crippen LogP contribution >= 0.6 is 0 Å². The molecule has 100 valence electrons. The Bertz CT molecular complexity index is 418. The van der Waals surface area contributed by atoms with Crippen molar-refractivity contribution in [2.75, 3.05) is 13.6 Å². The van der Waals surface area contributed by atoms with Gasteiger partial charge in [-0.25, -0.2) is 9.18 Å². The maximum atomic E-state index is 13.5. The predicted octanol–water partition coefficient (Wildman–Crippen LogP) is 3.00. The van der Waals surface area contributed by atoms with Gasteiger partial charge in [0.15, 0.2) is 0 Å². The minimum absolute atomic E-state index is 0.274. The molecule has 4 heteroatoms. The third kappa shape index (κ3) is 4.45. The zero-order chi connectivity index (χ0) is 13.7. The molecule has 3 nitrogen and oxygen atoms in total. The number of carboxylic acid groups (broad SMARTS) is 1. The van der Waals surface area contributed by atoms with Crippen molar-refractivity contribution in [3.05, 3.63) is 35.1 Å². The lowest BCUT2D eigenvalue weighted by Gasteiger charge is -2.18. The lowest BCUT2D eigenvalue weighted by molar-refractivity contribution is 0.0692. The van der Waals surface area contributed by atoms with Gasteiger partial charge in [0.1, 0.15) is 5.82 Å². The molecule has 0 aliphatic carbocycles. The maximum absolute atomic E-state index is 13.5. The number of halogens is 1. The Morgan fingerprint density at radius 3 is 2.61 bits per heavy atom. The summed E-state index contributed by atoms with van der Waals surface area (Å²) in [4.78, 5) is 12.8. The van der Waals surface area contributed by atoms with Crippen molar-refractivity contribution in [1.82, 2.24) is 4.90 Å². The number of hydrogen-bond acceptors (Lipinski definition) is 2. The molecular weight excluding hydrogens is 233 g/mol. The van der Waals surface area contributed by atoms with E-state index in [4.69, 9.17) is 5.11 Å². The second kappa shape index (κ2) is 6.50. The Kier molecular flexibility index (Phi) is 5.28. The summed E-state index contributed by atoms with van der Waals surface area (Å²) in [5, 5.41) is 8.73. The molecule has 0 amide bonds. The topological polar surface area (TPSA) is 40.5 Å². The molecule has 0 radical (unpaired) electrons. The number of hydrogen-bond donors (Lipinski definition) is 1. The minimum atomic E-state index is -1.23. The number of carbonyl (C=O) groups is 1. The van der Waals surface area contributed by atoms with E-state index < -0.39 is 11.8 Å². The molecule has 0 atom stereocenters. The molecule has 1 rings (SSSR count). The molecule has 0 heterocycles. The molecule has 0 saturated carbocycles. The second-order valence-electron chi connectivity index (χ2n) is 5.04. The van der Waals surface area contributed by atoms with E-state index in [9.17, 15) is 9.18 Å². The fourth-order valence-electron chi connectivity index (χ4n) is 1.70. The highest BCUT2D eigenvalue weighted by atomic mass is 19.1. The van der Waals surface area contributed by atoms with Crippen LogP contribution in [0.2, 0.25) is 0 Å². The lowest BCUT2D eigenvalue weighted by atomic mass is 10.1. The van der Waals surface area contributed by atoms with Gasteiger partial charge < -0.3 is 10.0 Å². The van der Waals surface area contributed by atoms with Crippen LogP contribution < -0.4 is 0 Å². The van der Waals surface area contributed by atoms with Gasteiger partial charge in [-0.3, -0.25) is 0 Å². The first-order valence-electron chi connectivity index (χ1n) is 6.10. The number of nitrogens with zero attached hydrogens (tertiary/aromatic N) is 1. The summed E-state index contributed by atoms with van der Waals surface area (Å²) in [5.41, 5.74) is 0.521. The summed E-state index contributed by atoms with van der Waals surface area (Å²) in [5.74, 6) is -1.26. The van der Waals surface area contributed by atoms with Crippen LogP contribution in [0, 0.1) is 11.7 Å². The smallest absolute Gasteiger partial charge is 0.338 e. The number of carboxylic acids is 1. The molecule has 0 aliphatic rings. The Hall–Kier alpha value is -1.42. The fraction of sp³-hybridized carbons (Fsp3) is 0.500. The van der Waals surface area contributed by atoms with Crippen LogP contribution in [0.15, 0.2) is 18.2 Å². The van der Waals surface area contributed by atoms with Crippen molar-refractivity contribution in [3.8, 4) is 0 Å². The fourth-order valence-corrected chi connectivity index (χ4v) is 1.70. The summed E-state index contributed by atoms with van der Waals surface area (Å²) < 4.78 is 13.5. The Morgan fingerprint density at radius 1 is 1.44 bits per heavy atom. The first kappa shape index (κ1) is 14.6. The molecule has 1 aromatic rings. The second-order valence-corrected chi connectivity index (χ2v) is 5.04. The van der Waals surface area contributed by atoms with Crippen molar-refractivity contribution in [1.29, 1.82) is 0 Å². The standard InChI is InChI=1S/C14H20FNO2/c1-10(2)6-7-16(3)9-11-4-5-12(14(17)18)13(15)8-11/h4-5,8,10H,6-7,9H2,1-3H3,(H,17,18). The predicted molar refractivity (Wildman–Crippen MR) is 69.1 cm³/mol. The van der Waals surface area contributed by atoms with Crippen molar-refractivity contribution < 1.29 is 14.3 Å². The molecule has 0 aromatic heterocycles. The molecule has 1 N–H and O–H groups in total. The van der Waals surface area contributed by atoms with Crippen molar-refractivity contribution >= 4 is 5.97 Å². The number of aromatic carboxylic acids is 1. The highest BCUT2D eigenvalue weighted by Gasteiger charge is 2.11. The van der Waals surface area contributed by atoms with E-state index in [0.29, 0.717) is 12.5 Å². The van der Waals surface area contributed by atoms with Crippen LogP contribution in [0.5, 0.6) is 0 Å². The van der Waals surface area contributed by atoms with Crippen LogP contribution in [0.3, 0.4) is 0 Å². The van der Waals surface area contributed by atoms with E-state index in [2.05, 4.69) is 18.7 Å². The summed E-state index contributed by atoms with van der Waals surface area (Å²) in [7, 11) is 1.98. The van der Waals surface area contributed by atoms with Gasteiger partial charge in [0.25, 0.3) is 0 Å². The highest BCUT2D eigenvalue weighted by Crippen LogP contribution is 2.12. The summed E-state index contributed by atoms with van der Waals surface area (Å²) in [6, 6.07) is 4.29. The molecule has 0 spiro atoms. The summed E-state index contributed by atoms with van der Waals surface area (Å²) >= 11 is 0. The van der Waals surface area contributed by atoms with Crippen molar-refractivity contribution in [2.45, 2.75) is 26.8 Å². The van der Waals surface area contributed by atoms with Gasteiger partial charge in [-0.1, -0.05) is 19.9 Å². The maximum Gasteiger partial charge on any atom is 0.338 e. The average molecular weight is 253 g/mol. The van der Waals surface area contributed by atoms with Crippen LogP contribution in [0.25, 0.3) is 0 Å². The van der Waals surface area contributed by atoms with Crippen LogP contribution in [-0.2, 0) is 6.54 Å². The zero-order valence-electron chi connectivity index (χ0n) is 11.1. The molecule has 0 unspecified atom stereocenters. The first-order chi connectivity index (χ1) is 8.40. The summed E-state index contributed by atoms with van der Waals surface area (Å²) in [6.45, 7) is 5.90.